The SMILES string of the molecule is C(=NNc1nc2ccccc2nc1-c1ccccc1)c1ccc2nccnc2c1. The first-order valence-corrected chi connectivity index (χ1v) is 9.19. The summed E-state index contributed by atoms with van der Waals surface area (Å²) in [5.74, 6) is 0.603. The first-order chi connectivity index (χ1) is 14.4. The van der Waals surface area contributed by atoms with Crippen LogP contribution in [0.2, 0.25) is 0 Å². The molecule has 0 amide bonds. The van der Waals surface area contributed by atoms with E-state index in [0.717, 1.165) is 38.9 Å². The van der Waals surface area contributed by atoms with E-state index in [4.69, 9.17) is 9.97 Å². The van der Waals surface area contributed by atoms with Gasteiger partial charge in [0.25, 0.3) is 0 Å². The molecule has 138 valence electrons. The molecule has 0 unspecified atom stereocenters. The van der Waals surface area contributed by atoms with Crippen LogP contribution < -0.4 is 5.43 Å². The quantitative estimate of drug-likeness (QED) is 0.364. The summed E-state index contributed by atoms with van der Waals surface area (Å²) < 4.78 is 0. The Morgan fingerprint density at radius 1 is 0.690 bits per heavy atom. The molecule has 5 aromatic rings. The summed E-state index contributed by atoms with van der Waals surface area (Å²) in [7, 11) is 0. The van der Waals surface area contributed by atoms with E-state index < -0.39 is 0 Å². The van der Waals surface area contributed by atoms with Crippen LogP contribution >= 0.6 is 0 Å². The number of rotatable bonds is 4. The monoisotopic (exact) mass is 376 g/mol. The van der Waals surface area contributed by atoms with Crippen LogP contribution in [-0.2, 0) is 0 Å². The second-order valence-electron chi connectivity index (χ2n) is 6.45. The lowest BCUT2D eigenvalue weighted by molar-refractivity contribution is 1.22. The maximum atomic E-state index is 4.79. The standard InChI is InChI=1S/C23H16N6/c1-2-6-17(7-3-1)22-23(28-20-9-5-4-8-19(20)27-22)29-26-15-16-10-11-18-21(14-16)25-13-12-24-18/h1-15H,(H,28,29). The molecule has 5 rings (SSSR count). The fraction of sp³-hybridized carbons (Fsp3) is 0. The molecular formula is C23H16N6. The number of anilines is 1. The van der Waals surface area contributed by atoms with Gasteiger partial charge in [0, 0.05) is 18.0 Å². The van der Waals surface area contributed by atoms with Crippen molar-refractivity contribution in [3.63, 3.8) is 0 Å². The highest BCUT2D eigenvalue weighted by Gasteiger charge is 2.10. The van der Waals surface area contributed by atoms with Gasteiger partial charge in [0.1, 0.15) is 5.69 Å². The normalized spacial score (nSPS) is 11.3. The molecule has 0 fully saturated rings. The molecule has 6 heteroatoms. The minimum atomic E-state index is 0.603. The van der Waals surface area contributed by atoms with Gasteiger partial charge in [-0.15, -0.1) is 0 Å². The zero-order chi connectivity index (χ0) is 19.5. The van der Waals surface area contributed by atoms with Gasteiger partial charge in [0.05, 0.1) is 28.3 Å². The van der Waals surface area contributed by atoms with Gasteiger partial charge >= 0.3 is 0 Å². The third kappa shape index (κ3) is 3.51. The number of hydrazone groups is 1. The Bertz CT molecular complexity index is 1330. The molecule has 0 saturated heterocycles. The Labute approximate surface area is 167 Å². The molecule has 0 atom stereocenters. The van der Waals surface area contributed by atoms with Crippen LogP contribution in [0, 0.1) is 0 Å². The van der Waals surface area contributed by atoms with E-state index >= 15 is 0 Å². The van der Waals surface area contributed by atoms with Crippen molar-refractivity contribution in [3.8, 4) is 11.3 Å². The van der Waals surface area contributed by atoms with E-state index in [2.05, 4.69) is 20.5 Å². The van der Waals surface area contributed by atoms with Crippen LogP contribution in [-0.4, -0.2) is 26.2 Å². The summed E-state index contributed by atoms with van der Waals surface area (Å²) >= 11 is 0. The first kappa shape index (κ1) is 16.9. The predicted molar refractivity (Wildman–Crippen MR) is 116 cm³/mol. The van der Waals surface area contributed by atoms with Crippen LogP contribution in [0.25, 0.3) is 33.3 Å². The van der Waals surface area contributed by atoms with Crippen molar-refractivity contribution in [2.24, 2.45) is 5.10 Å². The van der Waals surface area contributed by atoms with E-state index in [1.54, 1.807) is 18.6 Å². The molecule has 6 nitrogen and oxygen atoms in total. The van der Waals surface area contributed by atoms with Crippen molar-refractivity contribution in [1.82, 2.24) is 19.9 Å². The van der Waals surface area contributed by atoms with Crippen molar-refractivity contribution in [1.29, 1.82) is 0 Å². The second-order valence-corrected chi connectivity index (χ2v) is 6.45. The van der Waals surface area contributed by atoms with E-state index in [0.29, 0.717) is 5.82 Å². The smallest absolute Gasteiger partial charge is 0.173 e. The number of aromatic nitrogens is 4. The average Bonchev–Trinajstić information content (AvgIpc) is 2.79. The lowest BCUT2D eigenvalue weighted by Gasteiger charge is -2.09. The van der Waals surface area contributed by atoms with Crippen molar-refractivity contribution in [3.05, 3.63) is 90.8 Å². The molecule has 0 aliphatic rings. The van der Waals surface area contributed by atoms with Gasteiger partial charge in [-0.1, -0.05) is 48.5 Å². The molecule has 1 N–H and O–H groups in total. The molecule has 29 heavy (non-hydrogen) atoms. The highest BCUT2D eigenvalue weighted by Crippen LogP contribution is 2.26. The number of fused-ring (bicyclic) bond motifs is 2. The van der Waals surface area contributed by atoms with Gasteiger partial charge in [0.2, 0.25) is 0 Å². The topological polar surface area (TPSA) is 76.0 Å². The molecule has 2 aromatic heterocycles. The predicted octanol–water partition coefficient (Wildman–Crippen LogP) is 4.69. The lowest BCUT2D eigenvalue weighted by atomic mass is 10.1. The van der Waals surface area contributed by atoms with Crippen molar-refractivity contribution in [2.75, 3.05) is 5.43 Å². The zero-order valence-electron chi connectivity index (χ0n) is 15.4. The zero-order valence-corrected chi connectivity index (χ0v) is 15.4. The number of nitrogens with one attached hydrogen (secondary N) is 1. The van der Waals surface area contributed by atoms with Crippen LogP contribution in [0.4, 0.5) is 5.82 Å². The molecule has 3 aromatic carbocycles. The van der Waals surface area contributed by atoms with Crippen molar-refractivity contribution in [2.45, 2.75) is 0 Å². The Balaban J connectivity index is 1.50. The van der Waals surface area contributed by atoms with Crippen molar-refractivity contribution >= 4 is 34.1 Å². The number of para-hydroxylation sites is 2. The summed E-state index contributed by atoms with van der Waals surface area (Å²) in [5.41, 5.74) is 9.04. The van der Waals surface area contributed by atoms with E-state index in [1.807, 2.05) is 72.8 Å². The van der Waals surface area contributed by atoms with E-state index in [9.17, 15) is 0 Å². The van der Waals surface area contributed by atoms with Gasteiger partial charge in [0.15, 0.2) is 5.82 Å². The van der Waals surface area contributed by atoms with Crippen LogP contribution in [0.15, 0.2) is 90.3 Å². The summed E-state index contributed by atoms with van der Waals surface area (Å²) in [6.45, 7) is 0. The maximum absolute atomic E-state index is 4.79. The Morgan fingerprint density at radius 3 is 2.24 bits per heavy atom. The molecule has 0 radical (unpaired) electrons. The number of hydrogen-bond donors (Lipinski definition) is 1. The minimum Gasteiger partial charge on any atom is -0.260 e. The summed E-state index contributed by atoms with van der Waals surface area (Å²) in [5, 5.41) is 4.39. The largest absolute Gasteiger partial charge is 0.260 e. The fourth-order valence-corrected chi connectivity index (χ4v) is 3.10. The highest BCUT2D eigenvalue weighted by atomic mass is 15.3. The Hall–Kier alpha value is -4.19. The lowest BCUT2D eigenvalue weighted by Crippen LogP contribution is -2.00. The number of benzene rings is 3. The first-order valence-electron chi connectivity index (χ1n) is 9.19. The molecular weight excluding hydrogens is 360 g/mol. The van der Waals surface area contributed by atoms with Crippen LogP contribution in [0.1, 0.15) is 5.56 Å². The Kier molecular flexibility index (Phi) is 4.35. The molecule has 2 heterocycles. The third-order valence-corrected chi connectivity index (χ3v) is 4.50. The maximum Gasteiger partial charge on any atom is 0.173 e. The molecule has 0 spiro atoms. The third-order valence-electron chi connectivity index (χ3n) is 4.50. The van der Waals surface area contributed by atoms with Crippen LogP contribution in [0.3, 0.4) is 0 Å². The van der Waals surface area contributed by atoms with Crippen LogP contribution in [0.5, 0.6) is 0 Å². The summed E-state index contributed by atoms with van der Waals surface area (Å²) in [4.78, 5) is 18.1. The molecule has 0 aliphatic heterocycles. The number of nitrogens with zero attached hydrogens (tertiary/aromatic N) is 5. The van der Waals surface area contributed by atoms with Gasteiger partial charge in [-0.05, 0) is 29.8 Å². The van der Waals surface area contributed by atoms with E-state index in [-0.39, 0.29) is 0 Å². The number of hydrogen-bond acceptors (Lipinski definition) is 6. The average molecular weight is 376 g/mol. The van der Waals surface area contributed by atoms with Gasteiger partial charge in [-0.25, -0.2) is 9.97 Å². The Morgan fingerprint density at radius 2 is 1.41 bits per heavy atom. The molecule has 0 bridgehead atoms. The molecule has 0 aliphatic carbocycles. The second kappa shape index (κ2) is 7.44. The fourth-order valence-electron chi connectivity index (χ4n) is 3.10. The highest BCUT2D eigenvalue weighted by molar-refractivity contribution is 5.88. The van der Waals surface area contributed by atoms with Gasteiger partial charge in [-0.3, -0.25) is 15.4 Å². The van der Waals surface area contributed by atoms with Gasteiger partial charge < -0.3 is 0 Å². The van der Waals surface area contributed by atoms with Gasteiger partial charge in [-0.2, -0.15) is 5.10 Å². The minimum absolute atomic E-state index is 0.603. The summed E-state index contributed by atoms with van der Waals surface area (Å²) in [6.07, 6.45) is 5.10. The summed E-state index contributed by atoms with van der Waals surface area (Å²) in [6, 6.07) is 23.6. The van der Waals surface area contributed by atoms with E-state index in [1.165, 1.54) is 0 Å². The van der Waals surface area contributed by atoms with Crippen molar-refractivity contribution < 1.29 is 0 Å². The molecule has 0 saturated carbocycles.